The highest BCUT2D eigenvalue weighted by Gasteiger charge is 2.09. The van der Waals surface area contributed by atoms with Crippen molar-refractivity contribution in [1.82, 2.24) is 14.8 Å². The molecule has 0 amide bonds. The van der Waals surface area contributed by atoms with Crippen LogP contribution in [0.3, 0.4) is 0 Å². The van der Waals surface area contributed by atoms with Gasteiger partial charge in [-0.3, -0.25) is 0 Å². The first-order valence-corrected chi connectivity index (χ1v) is 4.55. The summed E-state index contributed by atoms with van der Waals surface area (Å²) in [6.45, 7) is -2.40. The van der Waals surface area contributed by atoms with Crippen LogP contribution in [0.2, 0.25) is 0 Å². The number of benzene rings is 1. The topological polar surface area (TPSA) is 30.7 Å². The van der Waals surface area contributed by atoms with Gasteiger partial charge in [0.2, 0.25) is 0 Å². The fraction of sp³-hybridized carbons (Fsp3) is 0.111. The third-order valence-corrected chi connectivity index (χ3v) is 2.41. The quantitative estimate of drug-likeness (QED) is 0.787. The van der Waals surface area contributed by atoms with Crippen molar-refractivity contribution >= 4 is 15.9 Å². The van der Waals surface area contributed by atoms with E-state index >= 15 is 0 Å². The van der Waals surface area contributed by atoms with Crippen molar-refractivity contribution in [3.8, 4) is 11.4 Å². The number of hydrogen-bond donors (Lipinski definition) is 0. The van der Waals surface area contributed by atoms with Crippen molar-refractivity contribution in [3.05, 3.63) is 34.8 Å². The molecule has 72 valence electrons. The first-order chi connectivity index (χ1) is 7.89. The van der Waals surface area contributed by atoms with Gasteiger partial charge in [-0.2, -0.15) is 0 Å². The Bertz CT molecular complexity index is 553. The molecule has 0 aliphatic rings. The molecule has 1 aromatic heterocycles. The lowest BCUT2D eigenvalue weighted by Gasteiger charge is -2.02. The summed E-state index contributed by atoms with van der Waals surface area (Å²) >= 11 is 3.22. The Morgan fingerprint density at radius 3 is 3.21 bits per heavy atom. The van der Waals surface area contributed by atoms with Crippen LogP contribution in [0.1, 0.15) is 4.11 Å². The van der Waals surface area contributed by atoms with Crippen LogP contribution in [0, 0.1) is 5.82 Å². The van der Waals surface area contributed by atoms with Gasteiger partial charge in [0.15, 0.2) is 5.82 Å². The van der Waals surface area contributed by atoms with Gasteiger partial charge in [0, 0.05) is 21.1 Å². The van der Waals surface area contributed by atoms with E-state index in [-0.39, 0.29) is 5.82 Å². The highest BCUT2D eigenvalue weighted by molar-refractivity contribution is 9.10. The fourth-order valence-electron chi connectivity index (χ4n) is 1.09. The Hall–Kier alpha value is -1.23. The van der Waals surface area contributed by atoms with Crippen molar-refractivity contribution in [2.24, 2.45) is 6.98 Å². The summed E-state index contributed by atoms with van der Waals surface area (Å²) in [6.07, 6.45) is 1.10. The van der Waals surface area contributed by atoms with Crippen molar-refractivity contribution in [3.63, 3.8) is 0 Å². The van der Waals surface area contributed by atoms with Crippen LogP contribution in [0.15, 0.2) is 29.0 Å². The molecule has 0 aliphatic heterocycles. The normalized spacial score (nSPS) is 14.6. The molecule has 2 aromatic rings. The Labute approximate surface area is 92.9 Å². The van der Waals surface area contributed by atoms with Crippen LogP contribution < -0.4 is 0 Å². The summed E-state index contributed by atoms with van der Waals surface area (Å²) in [5.74, 6) is -0.375. The molecule has 3 nitrogen and oxygen atoms in total. The summed E-state index contributed by atoms with van der Waals surface area (Å²) < 4.78 is 36.6. The van der Waals surface area contributed by atoms with E-state index in [9.17, 15) is 4.39 Å². The van der Waals surface area contributed by atoms with Crippen molar-refractivity contribution in [2.45, 2.75) is 0 Å². The fourth-order valence-corrected chi connectivity index (χ4v) is 1.51. The molecule has 0 radical (unpaired) electrons. The number of nitrogens with zero attached hydrogens (tertiary/aromatic N) is 3. The van der Waals surface area contributed by atoms with Crippen LogP contribution in [0.25, 0.3) is 11.4 Å². The second kappa shape index (κ2) is 3.49. The second-order valence-electron chi connectivity index (χ2n) is 2.65. The zero-order chi connectivity index (χ0) is 12.6. The number of halogens is 2. The first kappa shape index (κ1) is 6.29. The van der Waals surface area contributed by atoms with Gasteiger partial charge in [-0.05, 0) is 18.2 Å². The molecule has 0 spiro atoms. The predicted octanol–water partition coefficient (Wildman–Crippen LogP) is 2.38. The average Bonchev–Trinajstić information content (AvgIpc) is 2.69. The van der Waals surface area contributed by atoms with Gasteiger partial charge in [-0.25, -0.2) is 4.39 Å². The van der Waals surface area contributed by atoms with E-state index in [0.29, 0.717) is 10.0 Å². The number of aromatic nitrogens is 3. The minimum absolute atomic E-state index is 0.0939. The number of hydrogen-bond acceptors (Lipinski definition) is 2. The highest BCUT2D eigenvalue weighted by Crippen LogP contribution is 2.26. The maximum atomic E-state index is 13.1. The summed E-state index contributed by atoms with van der Waals surface area (Å²) in [4.78, 5) is 0. The van der Waals surface area contributed by atoms with Gasteiger partial charge in [0.25, 0.3) is 0 Å². The molecule has 0 unspecified atom stereocenters. The molecular formula is C9H7BrFN3. The second-order valence-corrected chi connectivity index (χ2v) is 3.50. The van der Waals surface area contributed by atoms with Crippen LogP contribution in [-0.2, 0) is 6.98 Å². The van der Waals surface area contributed by atoms with Gasteiger partial charge in [-0.15, -0.1) is 10.2 Å². The monoisotopic (exact) mass is 258 g/mol. The third kappa shape index (κ3) is 1.55. The van der Waals surface area contributed by atoms with E-state index in [4.69, 9.17) is 4.11 Å². The zero-order valence-corrected chi connectivity index (χ0v) is 8.49. The summed E-state index contributed by atoms with van der Waals surface area (Å²) in [7, 11) is 0. The van der Waals surface area contributed by atoms with Gasteiger partial charge < -0.3 is 4.57 Å². The van der Waals surface area contributed by atoms with Crippen LogP contribution in [0.4, 0.5) is 4.39 Å². The van der Waals surface area contributed by atoms with Gasteiger partial charge in [-0.1, -0.05) is 15.9 Å². The van der Waals surface area contributed by atoms with Gasteiger partial charge in [0.1, 0.15) is 12.1 Å². The maximum Gasteiger partial charge on any atom is 0.164 e. The van der Waals surface area contributed by atoms with Crippen molar-refractivity contribution < 1.29 is 8.50 Å². The van der Waals surface area contributed by atoms with E-state index in [2.05, 4.69) is 26.1 Å². The van der Waals surface area contributed by atoms with E-state index in [1.165, 1.54) is 18.2 Å². The van der Waals surface area contributed by atoms with Gasteiger partial charge in [0.05, 0.1) is 0 Å². The minimum atomic E-state index is -2.40. The molecule has 0 bridgehead atoms. The standard InChI is InChI=1S/C9H7BrFN3/c1-14-5-12-13-9(14)7-4-6(11)2-3-8(7)10/h2-5H,1H3/i1D3. The molecule has 0 N–H and O–H groups in total. The summed E-state index contributed by atoms with van der Waals surface area (Å²) in [5.41, 5.74) is 0.346. The molecule has 0 atom stereocenters. The predicted molar refractivity (Wildman–Crippen MR) is 54.1 cm³/mol. The largest absolute Gasteiger partial charge is 0.317 e. The lowest BCUT2D eigenvalue weighted by atomic mass is 10.2. The molecule has 14 heavy (non-hydrogen) atoms. The Kier molecular flexibility index (Phi) is 1.57. The van der Waals surface area contributed by atoms with Crippen molar-refractivity contribution in [1.29, 1.82) is 0 Å². The zero-order valence-electron chi connectivity index (χ0n) is 9.91. The first-order valence-electron chi connectivity index (χ1n) is 5.25. The highest BCUT2D eigenvalue weighted by atomic mass is 79.9. The third-order valence-electron chi connectivity index (χ3n) is 1.72. The van der Waals surface area contributed by atoms with E-state index in [0.717, 1.165) is 10.9 Å². The molecule has 0 saturated carbocycles. The molecule has 1 aromatic carbocycles. The molecule has 0 saturated heterocycles. The Morgan fingerprint density at radius 2 is 2.43 bits per heavy atom. The van der Waals surface area contributed by atoms with E-state index in [1.54, 1.807) is 0 Å². The SMILES string of the molecule is [2H]C([2H])([2H])n1cnnc1-c1cc(F)ccc1Br. The number of aryl methyl sites for hydroxylation is 1. The van der Waals surface area contributed by atoms with Crippen LogP contribution in [0.5, 0.6) is 0 Å². The minimum Gasteiger partial charge on any atom is -0.317 e. The molecule has 2 rings (SSSR count). The number of rotatable bonds is 1. The molecule has 1 heterocycles. The van der Waals surface area contributed by atoms with Crippen molar-refractivity contribution in [2.75, 3.05) is 0 Å². The summed E-state index contributed by atoms with van der Waals surface area (Å²) in [6, 6.07) is 3.96. The lowest BCUT2D eigenvalue weighted by Crippen LogP contribution is -1.92. The Balaban J connectivity index is 2.61. The average molecular weight is 259 g/mol. The molecule has 0 aliphatic carbocycles. The summed E-state index contributed by atoms with van der Waals surface area (Å²) in [5, 5.41) is 7.26. The van der Waals surface area contributed by atoms with Crippen LogP contribution in [-0.4, -0.2) is 14.8 Å². The van der Waals surface area contributed by atoms with Crippen LogP contribution >= 0.6 is 15.9 Å². The van der Waals surface area contributed by atoms with E-state index in [1.807, 2.05) is 0 Å². The molecular weight excluding hydrogens is 249 g/mol. The van der Waals surface area contributed by atoms with E-state index < -0.39 is 12.8 Å². The lowest BCUT2D eigenvalue weighted by molar-refractivity contribution is 0.627. The maximum absolute atomic E-state index is 13.1. The molecule has 5 heteroatoms. The Morgan fingerprint density at radius 1 is 1.57 bits per heavy atom. The van der Waals surface area contributed by atoms with Gasteiger partial charge >= 0.3 is 0 Å². The smallest absolute Gasteiger partial charge is 0.164 e. The molecule has 0 fully saturated rings.